The maximum Gasteiger partial charge on any atom is 0.397 e. The molecule has 6 unspecified atom stereocenters. The number of esters is 1. The van der Waals surface area contributed by atoms with Gasteiger partial charge in [-0.2, -0.15) is 8.42 Å². The molecule has 1 saturated heterocycles. The van der Waals surface area contributed by atoms with Crippen LogP contribution in [0.15, 0.2) is 12.2 Å². The van der Waals surface area contributed by atoms with Crippen LogP contribution in [0.4, 0.5) is 0 Å². The van der Waals surface area contributed by atoms with Crippen LogP contribution in [0.3, 0.4) is 0 Å². The summed E-state index contributed by atoms with van der Waals surface area (Å²) in [6.07, 6.45) is 36.9. The van der Waals surface area contributed by atoms with E-state index in [0.29, 0.717) is 13.0 Å². The van der Waals surface area contributed by atoms with Crippen LogP contribution >= 0.6 is 0 Å². The van der Waals surface area contributed by atoms with Gasteiger partial charge in [-0.25, -0.2) is 4.18 Å². The lowest BCUT2D eigenvalue weighted by molar-refractivity contribution is -0.301. The highest BCUT2D eigenvalue weighted by atomic mass is 32.3. The van der Waals surface area contributed by atoms with Gasteiger partial charge in [0.1, 0.15) is 30.5 Å². The molecule has 0 spiro atoms. The Morgan fingerprint density at radius 3 is 1.45 bits per heavy atom. The lowest BCUT2D eigenvalue weighted by Gasteiger charge is -2.41. The standard InChI is InChI=1S/C49H94O12S/c1-3-5-7-9-11-13-15-16-17-18-19-20-21-22-23-24-25-26-27-28-29-30-32-34-36-38-45(51)59-43(41-57-39-37-35-33-31-14-12-10-8-6-4-2)42-58-49-47(53)48(61-62(54,55)56)46(52)44(40-50)60-49/h18-19,43-44,46-50,52-53H,3-17,20-42H2,1-2H3,(H,54,55,56)/b19-18-. The third-order valence-electron chi connectivity index (χ3n) is 11.9. The summed E-state index contributed by atoms with van der Waals surface area (Å²) in [5, 5.41) is 30.7. The molecule has 1 rings (SSSR count). The number of rotatable bonds is 45. The average molecular weight is 907 g/mol. The van der Waals surface area contributed by atoms with E-state index in [4.69, 9.17) is 23.5 Å². The van der Waals surface area contributed by atoms with Crippen LogP contribution in [0, 0.1) is 0 Å². The van der Waals surface area contributed by atoms with Crippen LogP contribution < -0.4 is 0 Å². The molecule has 12 nitrogen and oxygen atoms in total. The molecule has 0 amide bonds. The van der Waals surface area contributed by atoms with Crippen LogP contribution in [0.5, 0.6) is 0 Å². The molecule has 0 saturated carbocycles. The van der Waals surface area contributed by atoms with Gasteiger partial charge in [-0.05, 0) is 38.5 Å². The largest absolute Gasteiger partial charge is 0.457 e. The topological polar surface area (TPSA) is 178 Å². The van der Waals surface area contributed by atoms with Crippen molar-refractivity contribution in [3.8, 4) is 0 Å². The normalized spacial score (nSPS) is 20.0. The van der Waals surface area contributed by atoms with Gasteiger partial charge in [0.2, 0.25) is 0 Å². The quantitative estimate of drug-likeness (QED) is 0.0197. The lowest BCUT2D eigenvalue weighted by atomic mass is 9.99. The molecular formula is C49H94O12S. The van der Waals surface area contributed by atoms with Crippen molar-refractivity contribution >= 4 is 16.4 Å². The summed E-state index contributed by atoms with van der Waals surface area (Å²) in [6.45, 7) is 4.01. The van der Waals surface area contributed by atoms with Gasteiger partial charge in [0.25, 0.3) is 0 Å². The number of hydrogen-bond donors (Lipinski definition) is 4. The van der Waals surface area contributed by atoms with Crippen LogP contribution in [0.25, 0.3) is 0 Å². The SMILES string of the molecule is CCCCCCCCCC/C=C\CCCCCCCCCCCCCCCC(=O)OC(COCCCCCCCCCCCC)COC1OC(CO)C(O)C(OS(=O)(=O)O)C1O. The molecule has 368 valence electrons. The van der Waals surface area contributed by atoms with Gasteiger partial charge in [0.05, 0.1) is 19.8 Å². The Hall–Kier alpha value is -1.16. The first-order chi connectivity index (χ1) is 30.1. The van der Waals surface area contributed by atoms with Gasteiger partial charge in [-0.3, -0.25) is 9.35 Å². The lowest BCUT2D eigenvalue weighted by Crippen LogP contribution is -2.60. The third-order valence-corrected chi connectivity index (χ3v) is 12.4. The molecule has 13 heteroatoms. The molecule has 1 aliphatic heterocycles. The minimum Gasteiger partial charge on any atom is -0.457 e. The van der Waals surface area contributed by atoms with E-state index in [0.717, 1.165) is 38.5 Å². The fraction of sp³-hybridized carbons (Fsp3) is 0.939. The Bertz CT molecular complexity index is 1140. The van der Waals surface area contributed by atoms with Crippen LogP contribution in [0.2, 0.25) is 0 Å². The van der Waals surface area contributed by atoms with Crippen molar-refractivity contribution in [3.63, 3.8) is 0 Å². The summed E-state index contributed by atoms with van der Waals surface area (Å²) in [5.74, 6) is -0.395. The number of aliphatic hydroxyl groups excluding tert-OH is 3. The van der Waals surface area contributed by atoms with Crippen molar-refractivity contribution in [2.24, 2.45) is 0 Å². The molecule has 6 atom stereocenters. The highest BCUT2D eigenvalue weighted by Crippen LogP contribution is 2.26. The van der Waals surface area contributed by atoms with E-state index in [1.54, 1.807) is 0 Å². The number of allylic oxidation sites excluding steroid dienone is 2. The molecule has 0 aromatic rings. The zero-order chi connectivity index (χ0) is 45.4. The first-order valence-corrected chi connectivity index (χ1v) is 26.8. The van der Waals surface area contributed by atoms with Crippen LogP contribution in [-0.4, -0.2) is 97.5 Å². The van der Waals surface area contributed by atoms with Crippen molar-refractivity contribution in [2.45, 2.75) is 269 Å². The molecule has 0 aromatic heterocycles. The van der Waals surface area contributed by atoms with Gasteiger partial charge < -0.3 is 34.3 Å². The Morgan fingerprint density at radius 2 is 1.02 bits per heavy atom. The maximum absolute atomic E-state index is 12.9. The monoisotopic (exact) mass is 907 g/mol. The predicted molar refractivity (Wildman–Crippen MR) is 248 cm³/mol. The average Bonchev–Trinajstić information content (AvgIpc) is 3.24. The van der Waals surface area contributed by atoms with Crippen molar-refractivity contribution in [1.82, 2.24) is 0 Å². The van der Waals surface area contributed by atoms with E-state index in [-0.39, 0.29) is 19.6 Å². The number of aliphatic hydroxyl groups is 3. The molecule has 62 heavy (non-hydrogen) atoms. The van der Waals surface area contributed by atoms with E-state index in [9.17, 15) is 28.5 Å². The number of ether oxygens (including phenoxy) is 4. The van der Waals surface area contributed by atoms with E-state index >= 15 is 0 Å². The highest BCUT2D eigenvalue weighted by molar-refractivity contribution is 7.80. The number of hydrogen-bond acceptors (Lipinski definition) is 11. The van der Waals surface area contributed by atoms with E-state index in [2.05, 4.69) is 30.2 Å². The molecule has 0 radical (unpaired) electrons. The Labute approximate surface area is 379 Å². The zero-order valence-corrected chi connectivity index (χ0v) is 40.3. The van der Waals surface area contributed by atoms with Crippen LogP contribution in [0.1, 0.15) is 232 Å². The summed E-state index contributed by atoms with van der Waals surface area (Å²) in [7, 11) is -5.06. The number of carbonyl (C=O) groups is 1. The van der Waals surface area contributed by atoms with Gasteiger partial charge in [-0.1, -0.05) is 199 Å². The van der Waals surface area contributed by atoms with Crippen LogP contribution in [-0.2, 0) is 38.3 Å². The number of carbonyl (C=O) groups excluding carboxylic acids is 1. The van der Waals surface area contributed by atoms with Crippen molar-refractivity contribution in [1.29, 1.82) is 0 Å². The second-order valence-corrected chi connectivity index (χ2v) is 18.8. The van der Waals surface area contributed by atoms with Crippen molar-refractivity contribution in [3.05, 3.63) is 12.2 Å². The number of unbranched alkanes of at least 4 members (excludes halogenated alkanes) is 30. The smallest absolute Gasteiger partial charge is 0.397 e. The summed E-state index contributed by atoms with van der Waals surface area (Å²) in [4.78, 5) is 12.9. The predicted octanol–water partition coefficient (Wildman–Crippen LogP) is 11.4. The molecule has 1 heterocycles. The minimum atomic E-state index is -5.06. The summed E-state index contributed by atoms with van der Waals surface area (Å²) in [6, 6.07) is 0. The highest BCUT2D eigenvalue weighted by Gasteiger charge is 2.48. The molecular weight excluding hydrogens is 813 g/mol. The first-order valence-electron chi connectivity index (χ1n) is 25.4. The van der Waals surface area contributed by atoms with Gasteiger partial charge >= 0.3 is 16.4 Å². The summed E-state index contributed by atoms with van der Waals surface area (Å²) >= 11 is 0. The molecule has 1 aliphatic rings. The first kappa shape index (κ1) is 58.9. The van der Waals surface area contributed by atoms with E-state index < -0.39 is 59.8 Å². The van der Waals surface area contributed by atoms with Crippen molar-refractivity contribution < 1.29 is 56.2 Å². The molecule has 1 fully saturated rings. The maximum atomic E-state index is 12.9. The zero-order valence-electron chi connectivity index (χ0n) is 39.5. The van der Waals surface area contributed by atoms with E-state index in [1.165, 1.54) is 167 Å². The summed E-state index contributed by atoms with van der Waals surface area (Å²) < 4.78 is 59.1. The molecule has 0 aliphatic carbocycles. The fourth-order valence-corrected chi connectivity index (χ4v) is 8.53. The Balaban J connectivity index is 2.26. The second kappa shape index (κ2) is 41.3. The minimum absolute atomic E-state index is 0.0417. The summed E-state index contributed by atoms with van der Waals surface area (Å²) in [5.41, 5.74) is 0. The third kappa shape index (κ3) is 34.2. The molecule has 4 N–H and O–H groups in total. The fourth-order valence-electron chi connectivity index (χ4n) is 8.02. The molecule has 0 aromatic carbocycles. The van der Waals surface area contributed by atoms with Gasteiger partial charge in [0.15, 0.2) is 6.29 Å². The molecule has 0 bridgehead atoms. The van der Waals surface area contributed by atoms with E-state index in [1.807, 2.05) is 0 Å². The Morgan fingerprint density at radius 1 is 0.597 bits per heavy atom. The van der Waals surface area contributed by atoms with Crippen molar-refractivity contribution in [2.75, 3.05) is 26.4 Å². The van der Waals surface area contributed by atoms with Gasteiger partial charge in [-0.15, -0.1) is 0 Å². The second-order valence-electron chi connectivity index (χ2n) is 17.8. The van der Waals surface area contributed by atoms with Gasteiger partial charge in [0, 0.05) is 13.0 Å². The Kier molecular flexibility index (Phi) is 39.2.